The Hall–Kier alpha value is -0.980. The zero-order chi connectivity index (χ0) is 13.7. The third-order valence-electron chi connectivity index (χ3n) is 5.91. The van der Waals surface area contributed by atoms with Crippen LogP contribution in [0.1, 0.15) is 58.6 Å². The Labute approximate surface area is 112 Å². The highest BCUT2D eigenvalue weighted by Gasteiger charge is 2.50. The third-order valence-corrected chi connectivity index (χ3v) is 5.91. The molecule has 1 aliphatic rings. The van der Waals surface area contributed by atoms with Crippen LogP contribution in [-0.2, 0) is 5.41 Å². The summed E-state index contributed by atoms with van der Waals surface area (Å²) >= 11 is 0. The van der Waals surface area contributed by atoms with Gasteiger partial charge >= 0.3 is 0 Å². The number of benzene rings is 1. The van der Waals surface area contributed by atoms with Crippen molar-refractivity contribution in [2.75, 3.05) is 7.11 Å². The summed E-state index contributed by atoms with van der Waals surface area (Å²) in [7, 11) is 1.78. The fraction of sp³-hybridized carbons (Fsp3) is 0.647. The van der Waals surface area contributed by atoms with Gasteiger partial charge in [-0.2, -0.15) is 0 Å². The lowest BCUT2D eigenvalue weighted by Gasteiger charge is -2.54. The maximum absolute atomic E-state index is 5.59. The molecule has 1 aliphatic carbocycles. The second kappa shape index (κ2) is 4.01. The maximum Gasteiger partial charge on any atom is 0.122 e. The zero-order valence-electron chi connectivity index (χ0n) is 12.8. The fourth-order valence-corrected chi connectivity index (χ4v) is 3.53. The molecule has 1 aromatic carbocycles. The summed E-state index contributed by atoms with van der Waals surface area (Å²) in [6, 6.07) is 6.50. The minimum Gasteiger partial charge on any atom is -0.496 e. The molecule has 0 amide bonds. The van der Waals surface area contributed by atoms with Crippen LogP contribution < -0.4 is 4.74 Å². The molecule has 0 fully saturated rings. The Morgan fingerprint density at radius 3 is 2.22 bits per heavy atom. The summed E-state index contributed by atoms with van der Waals surface area (Å²) in [6.45, 7) is 14.2. The molecule has 0 aliphatic heterocycles. The van der Waals surface area contributed by atoms with E-state index in [1.807, 2.05) is 0 Å². The standard InChI is InChI=1S/C17H26O/c1-11-12(2)16(3,4)17(5,6)13-9-8-10-14(18-7)15(11)13/h8-12H,1-7H3. The van der Waals surface area contributed by atoms with Gasteiger partial charge in [-0.1, -0.05) is 53.7 Å². The predicted octanol–water partition coefficient (Wildman–Crippen LogP) is 4.75. The molecule has 0 aromatic heterocycles. The maximum atomic E-state index is 5.59. The van der Waals surface area contributed by atoms with E-state index < -0.39 is 0 Å². The molecule has 2 unspecified atom stereocenters. The second-order valence-electron chi connectivity index (χ2n) is 6.85. The molecule has 0 spiro atoms. The van der Waals surface area contributed by atoms with Crippen LogP contribution in [0.3, 0.4) is 0 Å². The van der Waals surface area contributed by atoms with E-state index in [4.69, 9.17) is 4.74 Å². The van der Waals surface area contributed by atoms with Gasteiger partial charge in [0.1, 0.15) is 5.75 Å². The van der Waals surface area contributed by atoms with Gasteiger partial charge in [-0.05, 0) is 34.3 Å². The number of methoxy groups -OCH3 is 1. The smallest absolute Gasteiger partial charge is 0.122 e. The number of fused-ring (bicyclic) bond motifs is 1. The summed E-state index contributed by atoms with van der Waals surface area (Å²) in [5, 5.41) is 0. The van der Waals surface area contributed by atoms with Crippen LogP contribution in [0, 0.1) is 11.3 Å². The molecule has 0 radical (unpaired) electrons. The van der Waals surface area contributed by atoms with Gasteiger partial charge in [0.25, 0.3) is 0 Å². The van der Waals surface area contributed by atoms with Gasteiger partial charge in [-0.25, -0.2) is 0 Å². The Bertz CT molecular complexity index is 457. The van der Waals surface area contributed by atoms with E-state index in [-0.39, 0.29) is 10.8 Å². The van der Waals surface area contributed by atoms with Gasteiger partial charge in [-0.15, -0.1) is 0 Å². The molecular weight excluding hydrogens is 220 g/mol. The van der Waals surface area contributed by atoms with Crippen molar-refractivity contribution >= 4 is 0 Å². The molecule has 0 heterocycles. The monoisotopic (exact) mass is 246 g/mol. The molecular formula is C17H26O. The molecule has 0 N–H and O–H groups in total. The van der Waals surface area contributed by atoms with Crippen molar-refractivity contribution in [1.82, 2.24) is 0 Å². The predicted molar refractivity (Wildman–Crippen MR) is 77.4 cm³/mol. The first kappa shape index (κ1) is 13.5. The Morgan fingerprint density at radius 1 is 1.06 bits per heavy atom. The van der Waals surface area contributed by atoms with Crippen LogP contribution >= 0.6 is 0 Å². The summed E-state index contributed by atoms with van der Waals surface area (Å²) in [4.78, 5) is 0. The molecule has 2 rings (SSSR count). The molecule has 1 nitrogen and oxygen atoms in total. The number of ether oxygens (including phenoxy) is 1. The molecule has 0 saturated heterocycles. The van der Waals surface area contributed by atoms with E-state index in [1.54, 1.807) is 7.11 Å². The number of rotatable bonds is 1. The van der Waals surface area contributed by atoms with E-state index in [1.165, 1.54) is 11.1 Å². The lowest BCUT2D eigenvalue weighted by Crippen LogP contribution is -2.47. The zero-order valence-corrected chi connectivity index (χ0v) is 12.8. The second-order valence-corrected chi connectivity index (χ2v) is 6.85. The lowest BCUT2D eigenvalue weighted by atomic mass is 9.50. The largest absolute Gasteiger partial charge is 0.496 e. The summed E-state index contributed by atoms with van der Waals surface area (Å²) in [6.07, 6.45) is 0. The molecule has 0 bridgehead atoms. The third kappa shape index (κ3) is 1.52. The van der Waals surface area contributed by atoms with Crippen LogP contribution in [0.15, 0.2) is 18.2 Å². The van der Waals surface area contributed by atoms with Crippen molar-refractivity contribution in [3.63, 3.8) is 0 Å². The Balaban J connectivity index is 2.74. The van der Waals surface area contributed by atoms with Crippen LogP contribution in [-0.4, -0.2) is 7.11 Å². The minimum atomic E-state index is 0.169. The van der Waals surface area contributed by atoms with Gasteiger partial charge in [0.05, 0.1) is 7.11 Å². The van der Waals surface area contributed by atoms with E-state index in [0.717, 1.165) is 5.75 Å². The molecule has 100 valence electrons. The summed E-state index contributed by atoms with van der Waals surface area (Å²) in [5.74, 6) is 2.23. The van der Waals surface area contributed by atoms with E-state index in [0.29, 0.717) is 11.8 Å². The number of hydrogen-bond donors (Lipinski definition) is 0. The SMILES string of the molecule is COc1cccc2c1C(C)C(C)C(C)(C)C2(C)C. The summed E-state index contributed by atoms with van der Waals surface area (Å²) in [5.41, 5.74) is 3.32. The molecule has 1 aromatic rings. The molecule has 0 saturated carbocycles. The van der Waals surface area contributed by atoms with Gasteiger partial charge < -0.3 is 4.74 Å². The van der Waals surface area contributed by atoms with E-state index in [9.17, 15) is 0 Å². The van der Waals surface area contributed by atoms with Gasteiger partial charge in [-0.3, -0.25) is 0 Å². The molecule has 2 atom stereocenters. The van der Waals surface area contributed by atoms with Gasteiger partial charge in [0.15, 0.2) is 0 Å². The van der Waals surface area contributed by atoms with E-state index >= 15 is 0 Å². The lowest BCUT2D eigenvalue weighted by molar-refractivity contribution is 0.0779. The first-order valence-corrected chi connectivity index (χ1v) is 6.92. The van der Waals surface area contributed by atoms with Gasteiger partial charge in [0.2, 0.25) is 0 Å². The first-order valence-electron chi connectivity index (χ1n) is 6.92. The van der Waals surface area contributed by atoms with Crippen molar-refractivity contribution in [3.05, 3.63) is 29.3 Å². The number of hydrogen-bond acceptors (Lipinski definition) is 1. The van der Waals surface area contributed by atoms with Crippen molar-refractivity contribution in [1.29, 1.82) is 0 Å². The molecule has 1 heteroatoms. The van der Waals surface area contributed by atoms with Crippen molar-refractivity contribution in [2.45, 2.75) is 52.9 Å². The van der Waals surface area contributed by atoms with Crippen LogP contribution in [0.25, 0.3) is 0 Å². The van der Waals surface area contributed by atoms with Crippen LogP contribution in [0.2, 0.25) is 0 Å². The van der Waals surface area contributed by atoms with Crippen LogP contribution in [0.5, 0.6) is 5.75 Å². The quantitative estimate of drug-likeness (QED) is 0.694. The first-order chi connectivity index (χ1) is 8.25. The fourth-order valence-electron chi connectivity index (χ4n) is 3.53. The van der Waals surface area contributed by atoms with Gasteiger partial charge in [0, 0.05) is 5.56 Å². The average Bonchev–Trinajstić information content (AvgIpc) is 2.34. The van der Waals surface area contributed by atoms with Crippen LogP contribution in [0.4, 0.5) is 0 Å². The Morgan fingerprint density at radius 2 is 1.67 bits per heavy atom. The van der Waals surface area contributed by atoms with Crippen molar-refractivity contribution < 1.29 is 4.74 Å². The minimum absolute atomic E-state index is 0.169. The summed E-state index contributed by atoms with van der Waals surface area (Å²) < 4.78 is 5.59. The van der Waals surface area contributed by atoms with E-state index in [2.05, 4.69) is 59.7 Å². The van der Waals surface area contributed by atoms with Crippen molar-refractivity contribution in [3.8, 4) is 5.75 Å². The molecule has 18 heavy (non-hydrogen) atoms. The highest BCUT2D eigenvalue weighted by atomic mass is 16.5. The average molecular weight is 246 g/mol. The Kier molecular flexibility index (Phi) is 3.00. The highest BCUT2D eigenvalue weighted by Crippen LogP contribution is 2.58. The van der Waals surface area contributed by atoms with Crippen molar-refractivity contribution in [2.24, 2.45) is 11.3 Å². The topological polar surface area (TPSA) is 9.23 Å². The highest BCUT2D eigenvalue weighted by molar-refractivity contribution is 5.49. The normalized spacial score (nSPS) is 28.6.